The van der Waals surface area contributed by atoms with Crippen molar-refractivity contribution in [1.29, 1.82) is 0 Å². The van der Waals surface area contributed by atoms with Gasteiger partial charge in [0.25, 0.3) is 17.9 Å². The number of hydrogen-bond donors (Lipinski definition) is 3. The van der Waals surface area contributed by atoms with Crippen molar-refractivity contribution in [3.8, 4) is 0 Å². The van der Waals surface area contributed by atoms with Gasteiger partial charge in [0, 0.05) is 37.0 Å². The Balaban J connectivity index is 1.66. The molecule has 0 spiro atoms. The van der Waals surface area contributed by atoms with Crippen molar-refractivity contribution >= 4 is 17.7 Å². The van der Waals surface area contributed by atoms with Gasteiger partial charge in [-0.2, -0.15) is 0 Å². The number of aromatic nitrogens is 1. The third-order valence-corrected chi connectivity index (χ3v) is 7.40. The fourth-order valence-corrected chi connectivity index (χ4v) is 5.12. The van der Waals surface area contributed by atoms with E-state index in [1.807, 2.05) is 7.05 Å². The van der Waals surface area contributed by atoms with Gasteiger partial charge in [-0.3, -0.25) is 9.59 Å². The van der Waals surface area contributed by atoms with Crippen LogP contribution in [0.5, 0.6) is 0 Å². The number of halogens is 3. The number of alkyl halides is 2. The first-order valence-electron chi connectivity index (χ1n) is 12.5. The monoisotopic (exact) mass is 535 g/mol. The lowest BCUT2D eigenvalue weighted by molar-refractivity contribution is 0.0285. The molecule has 9 nitrogen and oxygen atoms in total. The summed E-state index contributed by atoms with van der Waals surface area (Å²) in [6.45, 7) is 5.06. The van der Waals surface area contributed by atoms with Crippen molar-refractivity contribution in [2.75, 3.05) is 38.5 Å². The van der Waals surface area contributed by atoms with Gasteiger partial charge < -0.3 is 30.1 Å². The molecular formula is C26H32F3N5O4. The van der Waals surface area contributed by atoms with Crippen LogP contribution in [0.15, 0.2) is 35.3 Å². The third-order valence-electron chi connectivity index (χ3n) is 7.40. The second-order valence-electron chi connectivity index (χ2n) is 10.4. The number of piperidine rings is 1. The number of anilines is 1. The Morgan fingerprint density at radius 2 is 1.79 bits per heavy atom. The van der Waals surface area contributed by atoms with E-state index in [0.717, 1.165) is 36.9 Å². The van der Waals surface area contributed by atoms with E-state index in [1.54, 1.807) is 6.92 Å². The molecule has 38 heavy (non-hydrogen) atoms. The van der Waals surface area contributed by atoms with Crippen LogP contribution in [0.4, 0.5) is 23.7 Å². The van der Waals surface area contributed by atoms with Crippen LogP contribution < -0.4 is 16.2 Å². The summed E-state index contributed by atoms with van der Waals surface area (Å²) in [5, 5.41) is 15.2. The summed E-state index contributed by atoms with van der Waals surface area (Å²) in [5.41, 5.74) is -1.64. The van der Waals surface area contributed by atoms with Crippen LogP contribution in [0.2, 0.25) is 0 Å². The van der Waals surface area contributed by atoms with E-state index in [1.165, 1.54) is 35.9 Å². The summed E-state index contributed by atoms with van der Waals surface area (Å²) in [4.78, 5) is 41.2. The number of hydrogen-bond acceptors (Lipinski definition) is 5. The van der Waals surface area contributed by atoms with Crippen molar-refractivity contribution < 1.29 is 27.9 Å². The van der Waals surface area contributed by atoms with E-state index in [-0.39, 0.29) is 30.3 Å². The molecule has 2 aromatic rings. The number of nitrogens with one attached hydrogen (secondary N) is 2. The molecule has 0 aliphatic carbocycles. The summed E-state index contributed by atoms with van der Waals surface area (Å²) in [7, 11) is 2.01. The number of amides is 2. The number of likely N-dealkylation sites (tertiary alicyclic amines) is 2. The van der Waals surface area contributed by atoms with Crippen LogP contribution in [0.25, 0.3) is 0 Å². The predicted molar refractivity (Wildman–Crippen MR) is 135 cm³/mol. The molecule has 0 bridgehead atoms. The maximum absolute atomic E-state index is 14.7. The van der Waals surface area contributed by atoms with Crippen LogP contribution in [-0.2, 0) is 5.54 Å². The molecule has 2 aliphatic heterocycles. The summed E-state index contributed by atoms with van der Waals surface area (Å²) in [6.07, 6.45) is -1.11. The highest BCUT2D eigenvalue weighted by Gasteiger charge is 2.44. The molecule has 1 atom stereocenters. The summed E-state index contributed by atoms with van der Waals surface area (Å²) >= 11 is 0. The zero-order valence-electron chi connectivity index (χ0n) is 21.5. The van der Waals surface area contributed by atoms with Gasteiger partial charge in [0.15, 0.2) is 0 Å². The fourth-order valence-electron chi connectivity index (χ4n) is 5.12. The summed E-state index contributed by atoms with van der Waals surface area (Å²) in [6, 6.07) is 4.04. The maximum Gasteiger partial charge on any atom is 0.407 e. The SMILES string of the molecule is CC(NC(=O)c1cn(C2(C)CN(C(=O)O)C2)c(=O)cc1NC1CCN(C)CC1)c1cccc(C(F)F)c1F. The number of nitrogens with zero attached hydrogens (tertiary/aromatic N) is 3. The van der Waals surface area contributed by atoms with Gasteiger partial charge in [0.05, 0.1) is 28.4 Å². The quantitative estimate of drug-likeness (QED) is 0.500. The lowest BCUT2D eigenvalue weighted by Gasteiger charge is -2.47. The molecule has 2 aliphatic rings. The van der Waals surface area contributed by atoms with Crippen molar-refractivity contribution in [3.63, 3.8) is 0 Å². The van der Waals surface area contributed by atoms with E-state index < -0.39 is 46.9 Å². The first-order valence-corrected chi connectivity index (χ1v) is 12.5. The summed E-state index contributed by atoms with van der Waals surface area (Å²) in [5.74, 6) is -1.71. The standard InChI is InChI=1S/C26H32F3N5O4/c1-15(17-5-4-6-18(22(17)27)23(28)29)30-24(36)19-12-34(26(2)13-33(14-26)25(37)38)21(35)11-20(19)31-16-7-9-32(3)10-8-16/h4-6,11-12,15-16,23,31H,7-10,13-14H2,1-3H3,(H,30,36)(H,37,38). The molecule has 1 unspecified atom stereocenters. The highest BCUT2D eigenvalue weighted by atomic mass is 19.3. The Kier molecular flexibility index (Phi) is 7.73. The highest BCUT2D eigenvalue weighted by Crippen LogP contribution is 2.30. The van der Waals surface area contributed by atoms with E-state index in [0.29, 0.717) is 5.69 Å². The molecular weight excluding hydrogens is 503 g/mol. The topological polar surface area (TPSA) is 107 Å². The number of carboxylic acid groups (broad SMARTS) is 1. The van der Waals surface area contributed by atoms with Crippen molar-refractivity contribution in [2.45, 2.75) is 50.7 Å². The van der Waals surface area contributed by atoms with Gasteiger partial charge in [-0.15, -0.1) is 0 Å². The molecule has 2 amide bonds. The molecule has 3 heterocycles. The smallest absolute Gasteiger partial charge is 0.407 e. The first-order chi connectivity index (χ1) is 17.9. The second kappa shape index (κ2) is 10.7. The average molecular weight is 536 g/mol. The zero-order valence-corrected chi connectivity index (χ0v) is 21.5. The van der Waals surface area contributed by atoms with Crippen molar-refractivity contribution in [3.05, 3.63) is 63.3 Å². The van der Waals surface area contributed by atoms with Gasteiger partial charge in [-0.05, 0) is 46.8 Å². The molecule has 1 aromatic heterocycles. The zero-order chi connectivity index (χ0) is 27.8. The van der Waals surface area contributed by atoms with Gasteiger partial charge >= 0.3 is 6.09 Å². The molecule has 206 valence electrons. The number of rotatable bonds is 7. The number of carbonyl (C=O) groups excluding carboxylic acids is 1. The molecule has 0 radical (unpaired) electrons. The highest BCUT2D eigenvalue weighted by molar-refractivity contribution is 5.99. The Hall–Kier alpha value is -3.54. The Labute approximate surface area is 218 Å². The molecule has 3 N–H and O–H groups in total. The molecule has 0 saturated carbocycles. The van der Waals surface area contributed by atoms with E-state index in [2.05, 4.69) is 15.5 Å². The summed E-state index contributed by atoms with van der Waals surface area (Å²) < 4.78 is 42.5. The normalized spacial score (nSPS) is 18.7. The van der Waals surface area contributed by atoms with Gasteiger partial charge in [0.1, 0.15) is 5.82 Å². The maximum atomic E-state index is 14.7. The molecule has 12 heteroatoms. The average Bonchev–Trinajstić information content (AvgIpc) is 2.83. The number of benzene rings is 1. The van der Waals surface area contributed by atoms with Crippen LogP contribution in [0, 0.1) is 5.82 Å². The van der Waals surface area contributed by atoms with Crippen LogP contribution in [-0.4, -0.2) is 70.7 Å². The molecule has 2 saturated heterocycles. The molecule has 2 fully saturated rings. The van der Waals surface area contributed by atoms with E-state index in [4.69, 9.17) is 0 Å². The van der Waals surface area contributed by atoms with E-state index in [9.17, 15) is 32.7 Å². The first kappa shape index (κ1) is 27.5. The predicted octanol–water partition coefficient (Wildman–Crippen LogP) is 3.63. The van der Waals surface area contributed by atoms with Crippen LogP contribution in [0.1, 0.15) is 60.6 Å². The second-order valence-corrected chi connectivity index (χ2v) is 10.4. The van der Waals surface area contributed by atoms with Crippen molar-refractivity contribution in [1.82, 2.24) is 19.7 Å². The van der Waals surface area contributed by atoms with E-state index >= 15 is 0 Å². The van der Waals surface area contributed by atoms with Crippen molar-refractivity contribution in [2.24, 2.45) is 0 Å². The Morgan fingerprint density at radius 1 is 1.16 bits per heavy atom. The Morgan fingerprint density at radius 3 is 2.39 bits per heavy atom. The van der Waals surface area contributed by atoms with Crippen LogP contribution in [0.3, 0.4) is 0 Å². The van der Waals surface area contributed by atoms with Gasteiger partial charge in [-0.1, -0.05) is 18.2 Å². The third kappa shape index (κ3) is 5.50. The lowest BCUT2D eigenvalue weighted by atomic mass is 9.91. The van der Waals surface area contributed by atoms with Gasteiger partial charge in [-0.25, -0.2) is 18.0 Å². The largest absolute Gasteiger partial charge is 0.465 e. The van der Waals surface area contributed by atoms with Crippen LogP contribution >= 0.6 is 0 Å². The lowest BCUT2D eigenvalue weighted by Crippen LogP contribution is -2.64. The molecule has 4 rings (SSSR count). The minimum absolute atomic E-state index is 0.0207. The minimum Gasteiger partial charge on any atom is -0.465 e. The minimum atomic E-state index is -3.00. The Bertz CT molecular complexity index is 1270. The van der Waals surface area contributed by atoms with Gasteiger partial charge in [0.2, 0.25) is 0 Å². The fraction of sp³-hybridized carbons (Fsp3) is 0.500. The number of pyridine rings is 1. The molecule has 1 aromatic carbocycles. The number of carbonyl (C=O) groups is 2.